The van der Waals surface area contributed by atoms with E-state index in [0.29, 0.717) is 13.1 Å². The van der Waals surface area contributed by atoms with Crippen molar-refractivity contribution in [3.8, 4) is 0 Å². The van der Waals surface area contributed by atoms with Crippen LogP contribution in [-0.2, 0) is 15.8 Å². The van der Waals surface area contributed by atoms with Gasteiger partial charge in [0, 0.05) is 30.9 Å². The Kier molecular flexibility index (Phi) is 4.92. The lowest BCUT2D eigenvalue weighted by Gasteiger charge is -2.45. The summed E-state index contributed by atoms with van der Waals surface area (Å²) < 4.78 is 27.2. The number of para-hydroxylation sites is 1. The summed E-state index contributed by atoms with van der Waals surface area (Å²) in [5.74, 6) is 0.0681. The first-order valence-corrected chi connectivity index (χ1v) is 9.93. The van der Waals surface area contributed by atoms with E-state index in [2.05, 4.69) is 30.9 Å². The number of nitrogens with zero attached hydrogens (tertiary/aromatic N) is 2. The summed E-state index contributed by atoms with van der Waals surface area (Å²) in [4.78, 5) is 2.31. The summed E-state index contributed by atoms with van der Waals surface area (Å²) in [6.07, 6.45) is 0. The summed E-state index contributed by atoms with van der Waals surface area (Å²) in [5, 5.41) is 0. The topological polar surface area (TPSA) is 40.6 Å². The van der Waals surface area contributed by atoms with Crippen molar-refractivity contribution in [3.05, 3.63) is 66.2 Å². The number of piperazine rings is 1. The minimum atomic E-state index is -3.30. The van der Waals surface area contributed by atoms with Gasteiger partial charge in [0.25, 0.3) is 0 Å². The lowest BCUT2D eigenvalue weighted by atomic mass is 10.1. The smallest absolute Gasteiger partial charge is 0.218 e. The molecular formula is C19H24N2O2S. The van der Waals surface area contributed by atoms with Crippen LogP contribution in [0.2, 0.25) is 0 Å². The highest BCUT2D eigenvalue weighted by atomic mass is 32.2. The van der Waals surface area contributed by atoms with Crippen LogP contribution in [0.15, 0.2) is 60.7 Å². The van der Waals surface area contributed by atoms with Crippen molar-refractivity contribution in [3.63, 3.8) is 0 Å². The molecule has 2 unspecified atom stereocenters. The van der Waals surface area contributed by atoms with Crippen molar-refractivity contribution in [1.82, 2.24) is 4.31 Å². The lowest BCUT2D eigenvalue weighted by Crippen LogP contribution is -2.58. The SMILES string of the molecule is CC1CN(S(=O)(=O)Cc2ccccc2)CC(C)N1c1ccccc1. The van der Waals surface area contributed by atoms with Crippen LogP contribution in [0, 0.1) is 0 Å². The number of benzene rings is 2. The first-order chi connectivity index (χ1) is 11.5. The molecule has 0 amide bonds. The van der Waals surface area contributed by atoms with Crippen LogP contribution in [0.3, 0.4) is 0 Å². The van der Waals surface area contributed by atoms with Crippen molar-refractivity contribution < 1.29 is 8.42 Å². The molecule has 2 aromatic carbocycles. The Morgan fingerprint density at radius 1 is 0.875 bits per heavy atom. The van der Waals surface area contributed by atoms with Crippen LogP contribution in [0.25, 0.3) is 0 Å². The third-order valence-electron chi connectivity index (χ3n) is 4.53. The van der Waals surface area contributed by atoms with Gasteiger partial charge in [-0.1, -0.05) is 48.5 Å². The highest BCUT2D eigenvalue weighted by molar-refractivity contribution is 7.88. The Balaban J connectivity index is 1.76. The molecule has 2 atom stereocenters. The molecule has 24 heavy (non-hydrogen) atoms. The molecule has 5 heteroatoms. The van der Waals surface area contributed by atoms with E-state index < -0.39 is 10.0 Å². The van der Waals surface area contributed by atoms with Gasteiger partial charge in [-0.15, -0.1) is 0 Å². The van der Waals surface area contributed by atoms with E-state index in [1.807, 2.05) is 48.5 Å². The molecule has 0 N–H and O–H groups in total. The maximum atomic E-state index is 12.8. The number of anilines is 1. The van der Waals surface area contributed by atoms with Gasteiger partial charge in [0.1, 0.15) is 0 Å². The van der Waals surface area contributed by atoms with E-state index in [-0.39, 0.29) is 17.8 Å². The zero-order chi connectivity index (χ0) is 17.2. The molecule has 4 nitrogen and oxygen atoms in total. The summed E-state index contributed by atoms with van der Waals surface area (Å²) in [7, 11) is -3.30. The van der Waals surface area contributed by atoms with Gasteiger partial charge in [-0.05, 0) is 31.5 Å². The van der Waals surface area contributed by atoms with Crippen molar-refractivity contribution in [2.45, 2.75) is 31.7 Å². The first kappa shape index (κ1) is 17.0. The summed E-state index contributed by atoms with van der Waals surface area (Å²) in [5.41, 5.74) is 1.99. The number of hydrogen-bond donors (Lipinski definition) is 0. The summed E-state index contributed by atoms with van der Waals surface area (Å²) in [6, 6.07) is 19.9. The summed E-state index contributed by atoms with van der Waals surface area (Å²) >= 11 is 0. The van der Waals surface area contributed by atoms with Gasteiger partial charge in [0.15, 0.2) is 0 Å². The molecule has 0 aliphatic carbocycles. The maximum absolute atomic E-state index is 12.8. The fourth-order valence-corrected chi connectivity index (χ4v) is 5.17. The molecule has 0 saturated carbocycles. The van der Waals surface area contributed by atoms with Crippen molar-refractivity contribution >= 4 is 15.7 Å². The molecule has 2 aromatic rings. The van der Waals surface area contributed by atoms with E-state index in [4.69, 9.17) is 0 Å². The molecule has 3 rings (SSSR count). The maximum Gasteiger partial charge on any atom is 0.218 e. The lowest BCUT2D eigenvalue weighted by molar-refractivity contribution is 0.301. The number of rotatable bonds is 4. The highest BCUT2D eigenvalue weighted by Gasteiger charge is 2.35. The van der Waals surface area contributed by atoms with Crippen molar-refractivity contribution in [1.29, 1.82) is 0 Å². The van der Waals surface area contributed by atoms with E-state index in [9.17, 15) is 8.42 Å². The zero-order valence-corrected chi connectivity index (χ0v) is 15.0. The van der Waals surface area contributed by atoms with E-state index in [1.165, 1.54) is 0 Å². The molecular weight excluding hydrogens is 320 g/mol. The second-order valence-corrected chi connectivity index (χ2v) is 8.47. The average molecular weight is 344 g/mol. The van der Waals surface area contributed by atoms with Gasteiger partial charge in [0.2, 0.25) is 10.0 Å². The van der Waals surface area contributed by atoms with Crippen LogP contribution < -0.4 is 4.90 Å². The van der Waals surface area contributed by atoms with Crippen molar-refractivity contribution in [2.75, 3.05) is 18.0 Å². The molecule has 1 aliphatic rings. The van der Waals surface area contributed by atoms with Gasteiger partial charge in [-0.25, -0.2) is 8.42 Å². The second-order valence-electron chi connectivity index (χ2n) is 6.50. The predicted molar refractivity (Wildman–Crippen MR) is 98.5 cm³/mol. The molecule has 0 spiro atoms. The number of hydrogen-bond acceptors (Lipinski definition) is 3. The molecule has 128 valence electrons. The fourth-order valence-electron chi connectivity index (χ4n) is 3.49. The standard InChI is InChI=1S/C19H24N2O2S/c1-16-13-20(24(22,23)15-18-9-5-3-6-10-18)14-17(2)21(16)19-11-7-4-8-12-19/h3-12,16-17H,13-15H2,1-2H3. The molecule has 0 radical (unpaired) electrons. The van der Waals surface area contributed by atoms with Crippen LogP contribution in [-0.4, -0.2) is 37.9 Å². The Morgan fingerprint density at radius 3 is 1.92 bits per heavy atom. The minimum Gasteiger partial charge on any atom is -0.363 e. The summed E-state index contributed by atoms with van der Waals surface area (Å²) in [6.45, 7) is 5.23. The second kappa shape index (κ2) is 6.95. The van der Waals surface area contributed by atoms with Gasteiger partial charge in [-0.2, -0.15) is 4.31 Å². The monoisotopic (exact) mass is 344 g/mol. The normalized spacial score (nSPS) is 22.5. The largest absolute Gasteiger partial charge is 0.363 e. The molecule has 1 heterocycles. The third kappa shape index (κ3) is 3.62. The number of sulfonamides is 1. The molecule has 0 bridgehead atoms. The van der Waals surface area contributed by atoms with Crippen molar-refractivity contribution in [2.24, 2.45) is 0 Å². The third-order valence-corrected chi connectivity index (χ3v) is 6.31. The Bertz CT molecular complexity index is 750. The van der Waals surface area contributed by atoms with Crippen LogP contribution in [0.1, 0.15) is 19.4 Å². The molecule has 1 saturated heterocycles. The van der Waals surface area contributed by atoms with Crippen LogP contribution >= 0.6 is 0 Å². The van der Waals surface area contributed by atoms with E-state index in [1.54, 1.807) is 4.31 Å². The van der Waals surface area contributed by atoms with Gasteiger partial charge >= 0.3 is 0 Å². The van der Waals surface area contributed by atoms with Crippen LogP contribution in [0.4, 0.5) is 5.69 Å². The Labute approximate surface area is 144 Å². The van der Waals surface area contributed by atoms with Crippen LogP contribution in [0.5, 0.6) is 0 Å². The molecule has 1 aliphatic heterocycles. The first-order valence-electron chi connectivity index (χ1n) is 8.32. The average Bonchev–Trinajstić information content (AvgIpc) is 2.56. The van der Waals surface area contributed by atoms with Gasteiger partial charge in [0.05, 0.1) is 5.75 Å². The van der Waals surface area contributed by atoms with E-state index >= 15 is 0 Å². The quantitative estimate of drug-likeness (QED) is 0.856. The van der Waals surface area contributed by atoms with Gasteiger partial charge in [-0.3, -0.25) is 0 Å². The zero-order valence-electron chi connectivity index (χ0n) is 14.2. The Hall–Kier alpha value is -1.85. The minimum absolute atomic E-state index is 0.0681. The Morgan fingerprint density at radius 2 is 1.38 bits per heavy atom. The predicted octanol–water partition coefficient (Wildman–Crippen LogP) is 3.12. The molecule has 0 aromatic heterocycles. The molecule has 1 fully saturated rings. The van der Waals surface area contributed by atoms with E-state index in [0.717, 1.165) is 11.3 Å². The highest BCUT2D eigenvalue weighted by Crippen LogP contribution is 2.26. The van der Waals surface area contributed by atoms with Gasteiger partial charge < -0.3 is 4.90 Å². The fraction of sp³-hybridized carbons (Fsp3) is 0.368.